The van der Waals surface area contributed by atoms with Crippen molar-refractivity contribution in [1.82, 2.24) is 20.6 Å². The summed E-state index contributed by atoms with van der Waals surface area (Å²) in [4.78, 5) is 4.09. The monoisotopic (exact) mass is 243 g/mol. The zero-order valence-corrected chi connectivity index (χ0v) is 9.84. The highest BCUT2D eigenvalue weighted by Crippen LogP contribution is 2.27. The number of furan rings is 1. The standard InChI is InChI=1S/C12H13N5O/c1-7-3-2-4-8-5-9(18-11(7)8)10(16-13)12-14-6-15-17-12/h2-6,10,16H,13H2,1H3,(H,14,15,17). The quantitative estimate of drug-likeness (QED) is 0.478. The number of aryl methyl sites for hydroxylation is 1. The third kappa shape index (κ3) is 1.68. The molecule has 1 aromatic carbocycles. The van der Waals surface area contributed by atoms with E-state index in [1.165, 1.54) is 6.33 Å². The van der Waals surface area contributed by atoms with E-state index in [4.69, 9.17) is 10.3 Å². The number of hydrazine groups is 1. The number of benzene rings is 1. The number of aromatic amines is 1. The highest BCUT2D eigenvalue weighted by Gasteiger charge is 2.20. The number of rotatable bonds is 3. The van der Waals surface area contributed by atoms with Gasteiger partial charge in [-0.25, -0.2) is 10.4 Å². The van der Waals surface area contributed by atoms with Gasteiger partial charge in [-0.3, -0.25) is 10.9 Å². The van der Waals surface area contributed by atoms with Gasteiger partial charge in [0.2, 0.25) is 0 Å². The van der Waals surface area contributed by atoms with Crippen LogP contribution >= 0.6 is 0 Å². The third-order valence-electron chi connectivity index (χ3n) is 2.92. The van der Waals surface area contributed by atoms with Crippen molar-refractivity contribution in [2.24, 2.45) is 5.84 Å². The Labute approximate surface area is 103 Å². The number of H-pyrrole nitrogens is 1. The Balaban J connectivity index is 2.11. The Morgan fingerprint density at radius 2 is 2.33 bits per heavy atom. The van der Waals surface area contributed by atoms with Crippen molar-refractivity contribution in [3.05, 3.63) is 47.7 Å². The molecule has 6 heteroatoms. The van der Waals surface area contributed by atoms with Crippen LogP contribution in [0.2, 0.25) is 0 Å². The zero-order valence-electron chi connectivity index (χ0n) is 9.84. The summed E-state index contributed by atoms with van der Waals surface area (Å²) < 4.78 is 5.85. The van der Waals surface area contributed by atoms with Crippen LogP contribution in [0.5, 0.6) is 0 Å². The number of nitrogens with zero attached hydrogens (tertiary/aromatic N) is 2. The van der Waals surface area contributed by atoms with Gasteiger partial charge in [0.05, 0.1) is 0 Å². The van der Waals surface area contributed by atoms with Crippen molar-refractivity contribution < 1.29 is 4.42 Å². The second-order valence-corrected chi connectivity index (χ2v) is 4.11. The summed E-state index contributed by atoms with van der Waals surface area (Å²) in [5.74, 6) is 6.88. The van der Waals surface area contributed by atoms with E-state index in [1.807, 2.05) is 31.2 Å². The van der Waals surface area contributed by atoms with E-state index >= 15 is 0 Å². The van der Waals surface area contributed by atoms with Gasteiger partial charge in [-0.2, -0.15) is 5.10 Å². The first-order chi connectivity index (χ1) is 8.79. The Bertz CT molecular complexity index is 658. The number of para-hydroxylation sites is 1. The third-order valence-corrected chi connectivity index (χ3v) is 2.92. The molecular formula is C12H13N5O. The van der Waals surface area contributed by atoms with Crippen LogP contribution < -0.4 is 11.3 Å². The van der Waals surface area contributed by atoms with Gasteiger partial charge in [0.15, 0.2) is 5.82 Å². The maximum absolute atomic E-state index is 5.85. The molecule has 2 heterocycles. The van der Waals surface area contributed by atoms with Crippen molar-refractivity contribution >= 4 is 11.0 Å². The molecule has 3 aromatic rings. The summed E-state index contributed by atoms with van der Waals surface area (Å²) in [5.41, 5.74) is 4.63. The van der Waals surface area contributed by atoms with Gasteiger partial charge in [-0.1, -0.05) is 18.2 Å². The minimum Gasteiger partial charge on any atom is -0.459 e. The molecule has 92 valence electrons. The molecule has 0 spiro atoms. The molecule has 4 N–H and O–H groups in total. The SMILES string of the molecule is Cc1cccc2cc(C(NN)c3ncn[nH]3)oc12. The van der Waals surface area contributed by atoms with Crippen molar-refractivity contribution in [2.45, 2.75) is 13.0 Å². The summed E-state index contributed by atoms with van der Waals surface area (Å²) in [5, 5.41) is 7.64. The molecule has 0 radical (unpaired) electrons. The van der Waals surface area contributed by atoms with Crippen LogP contribution in [-0.4, -0.2) is 15.2 Å². The smallest absolute Gasteiger partial charge is 0.150 e. The average molecular weight is 243 g/mol. The first kappa shape index (κ1) is 10.9. The molecule has 0 fully saturated rings. The maximum Gasteiger partial charge on any atom is 0.150 e. The van der Waals surface area contributed by atoms with Crippen LogP contribution in [0.15, 0.2) is 35.0 Å². The van der Waals surface area contributed by atoms with Crippen LogP contribution in [0, 0.1) is 6.92 Å². The van der Waals surface area contributed by atoms with Gasteiger partial charge in [0, 0.05) is 5.39 Å². The van der Waals surface area contributed by atoms with Crippen LogP contribution in [0.1, 0.15) is 23.2 Å². The molecule has 0 saturated heterocycles. The molecule has 0 aliphatic carbocycles. The summed E-state index contributed by atoms with van der Waals surface area (Å²) in [6.45, 7) is 2.01. The lowest BCUT2D eigenvalue weighted by Crippen LogP contribution is -2.29. The molecule has 1 atom stereocenters. The lowest BCUT2D eigenvalue weighted by molar-refractivity contribution is 0.464. The summed E-state index contributed by atoms with van der Waals surface area (Å²) in [6, 6.07) is 7.63. The minimum atomic E-state index is -0.334. The van der Waals surface area contributed by atoms with E-state index in [2.05, 4.69) is 20.6 Å². The van der Waals surface area contributed by atoms with E-state index in [1.54, 1.807) is 0 Å². The molecule has 0 aliphatic rings. The summed E-state index contributed by atoms with van der Waals surface area (Å²) >= 11 is 0. The molecule has 0 amide bonds. The lowest BCUT2D eigenvalue weighted by Gasteiger charge is -2.08. The maximum atomic E-state index is 5.85. The van der Waals surface area contributed by atoms with E-state index in [0.29, 0.717) is 11.6 Å². The molecule has 3 rings (SSSR count). The highest BCUT2D eigenvalue weighted by atomic mass is 16.3. The lowest BCUT2D eigenvalue weighted by atomic mass is 10.1. The van der Waals surface area contributed by atoms with E-state index in [-0.39, 0.29) is 6.04 Å². The molecule has 1 unspecified atom stereocenters. The van der Waals surface area contributed by atoms with Crippen molar-refractivity contribution in [3.8, 4) is 0 Å². The van der Waals surface area contributed by atoms with Gasteiger partial charge < -0.3 is 4.42 Å². The number of nitrogens with one attached hydrogen (secondary N) is 2. The van der Waals surface area contributed by atoms with Gasteiger partial charge >= 0.3 is 0 Å². The first-order valence-electron chi connectivity index (χ1n) is 5.60. The predicted molar refractivity (Wildman–Crippen MR) is 66.5 cm³/mol. The molecule has 6 nitrogen and oxygen atoms in total. The van der Waals surface area contributed by atoms with E-state index in [9.17, 15) is 0 Å². The van der Waals surface area contributed by atoms with Gasteiger partial charge in [-0.05, 0) is 18.6 Å². The fourth-order valence-electron chi connectivity index (χ4n) is 2.02. The number of nitrogens with two attached hydrogens (primary N) is 1. The number of hydrogen-bond donors (Lipinski definition) is 3. The molecule has 0 bridgehead atoms. The first-order valence-corrected chi connectivity index (χ1v) is 5.60. The van der Waals surface area contributed by atoms with Crippen molar-refractivity contribution in [3.63, 3.8) is 0 Å². The van der Waals surface area contributed by atoms with E-state index in [0.717, 1.165) is 16.5 Å². The minimum absolute atomic E-state index is 0.334. The number of hydrogen-bond acceptors (Lipinski definition) is 5. The largest absolute Gasteiger partial charge is 0.459 e. The predicted octanol–water partition coefficient (Wildman–Crippen LogP) is 1.41. The molecule has 2 aromatic heterocycles. The molecule has 18 heavy (non-hydrogen) atoms. The Morgan fingerprint density at radius 3 is 3.00 bits per heavy atom. The Hall–Kier alpha value is -2.18. The van der Waals surface area contributed by atoms with Crippen LogP contribution in [0.3, 0.4) is 0 Å². The van der Waals surface area contributed by atoms with Crippen LogP contribution in [-0.2, 0) is 0 Å². The Morgan fingerprint density at radius 1 is 1.44 bits per heavy atom. The van der Waals surface area contributed by atoms with Crippen LogP contribution in [0.25, 0.3) is 11.0 Å². The summed E-state index contributed by atoms with van der Waals surface area (Å²) in [7, 11) is 0. The van der Waals surface area contributed by atoms with Gasteiger partial charge in [0.1, 0.15) is 23.7 Å². The second-order valence-electron chi connectivity index (χ2n) is 4.11. The van der Waals surface area contributed by atoms with Crippen molar-refractivity contribution in [2.75, 3.05) is 0 Å². The normalized spacial score (nSPS) is 13.0. The second kappa shape index (κ2) is 4.25. The summed E-state index contributed by atoms with van der Waals surface area (Å²) in [6.07, 6.45) is 1.44. The van der Waals surface area contributed by atoms with E-state index < -0.39 is 0 Å². The van der Waals surface area contributed by atoms with Crippen molar-refractivity contribution in [1.29, 1.82) is 0 Å². The topological polar surface area (TPSA) is 92.8 Å². The molecule has 0 saturated carbocycles. The van der Waals surface area contributed by atoms with Gasteiger partial charge in [0.25, 0.3) is 0 Å². The number of fused-ring (bicyclic) bond motifs is 1. The average Bonchev–Trinajstić information content (AvgIpc) is 3.00. The fraction of sp³-hybridized carbons (Fsp3) is 0.167. The fourth-order valence-corrected chi connectivity index (χ4v) is 2.02. The highest BCUT2D eigenvalue weighted by molar-refractivity contribution is 5.81. The van der Waals surface area contributed by atoms with Gasteiger partial charge in [-0.15, -0.1) is 0 Å². The molecular weight excluding hydrogens is 230 g/mol. The number of aromatic nitrogens is 3. The zero-order chi connectivity index (χ0) is 12.5. The van der Waals surface area contributed by atoms with Crippen LogP contribution in [0.4, 0.5) is 0 Å². The molecule has 0 aliphatic heterocycles. The Kier molecular flexibility index (Phi) is 2.58.